The van der Waals surface area contributed by atoms with Gasteiger partial charge in [0.2, 0.25) is 0 Å². The highest BCUT2D eigenvalue weighted by atomic mass is 16.6. The first-order valence-electron chi connectivity index (χ1n) is 12.5. The Morgan fingerprint density at radius 3 is 2.38 bits per heavy atom. The Hall–Kier alpha value is -5.04. The van der Waals surface area contributed by atoms with E-state index in [1.807, 2.05) is 87.5 Å². The highest BCUT2D eigenvalue weighted by Gasteiger charge is 2.21. The Kier molecular flexibility index (Phi) is 7.06. The number of nitrogens with zero attached hydrogens (tertiary/aromatic N) is 2. The van der Waals surface area contributed by atoms with E-state index in [4.69, 9.17) is 9.72 Å². The fourth-order valence-electron chi connectivity index (χ4n) is 4.73. The molecular formula is C32H27N3O4. The first kappa shape index (κ1) is 25.6. The standard InChI is InChI=1S/C32H27N3O4/c1-20-16-21(2)30-28(17-20)29(32(36)33-25-10-7-11-26(18-25)35(37)38)22(3)31(34-30)24-12-14-27(15-13-24)39-19-23-8-5-4-6-9-23/h4-18H,19H2,1-3H3,(H,33,36). The summed E-state index contributed by atoms with van der Waals surface area (Å²) < 4.78 is 5.94. The lowest BCUT2D eigenvalue weighted by molar-refractivity contribution is -0.384. The maximum atomic E-state index is 13.7. The Balaban J connectivity index is 1.53. The van der Waals surface area contributed by atoms with Crippen molar-refractivity contribution in [3.8, 4) is 17.0 Å². The van der Waals surface area contributed by atoms with Crippen LogP contribution in [0.4, 0.5) is 11.4 Å². The van der Waals surface area contributed by atoms with E-state index in [0.29, 0.717) is 29.1 Å². The number of non-ortho nitro benzene ring substituents is 1. The summed E-state index contributed by atoms with van der Waals surface area (Å²) in [5.74, 6) is 0.381. The number of hydrogen-bond acceptors (Lipinski definition) is 5. The number of pyridine rings is 1. The molecule has 0 aliphatic rings. The van der Waals surface area contributed by atoms with Crippen LogP contribution in [-0.4, -0.2) is 15.8 Å². The Morgan fingerprint density at radius 1 is 0.923 bits per heavy atom. The van der Waals surface area contributed by atoms with Gasteiger partial charge in [0.25, 0.3) is 11.6 Å². The van der Waals surface area contributed by atoms with Gasteiger partial charge in [0.1, 0.15) is 12.4 Å². The zero-order valence-electron chi connectivity index (χ0n) is 21.9. The molecule has 0 saturated carbocycles. The minimum absolute atomic E-state index is 0.0916. The van der Waals surface area contributed by atoms with Gasteiger partial charge < -0.3 is 10.1 Å². The van der Waals surface area contributed by atoms with Gasteiger partial charge in [-0.3, -0.25) is 14.9 Å². The van der Waals surface area contributed by atoms with E-state index in [1.165, 1.54) is 12.1 Å². The predicted molar refractivity (Wildman–Crippen MR) is 153 cm³/mol. The maximum Gasteiger partial charge on any atom is 0.271 e. The lowest BCUT2D eigenvalue weighted by Crippen LogP contribution is -2.15. The fraction of sp³-hybridized carbons (Fsp3) is 0.125. The van der Waals surface area contributed by atoms with Crippen molar-refractivity contribution < 1.29 is 14.5 Å². The largest absolute Gasteiger partial charge is 0.489 e. The number of nitro benzene ring substituents is 1. The lowest BCUT2D eigenvalue weighted by Gasteiger charge is -2.17. The van der Waals surface area contributed by atoms with Crippen LogP contribution in [0.3, 0.4) is 0 Å². The molecule has 0 aliphatic carbocycles. The molecule has 5 rings (SSSR count). The van der Waals surface area contributed by atoms with Gasteiger partial charge in [-0.1, -0.05) is 48.0 Å². The molecule has 7 heteroatoms. The van der Waals surface area contributed by atoms with Crippen LogP contribution in [-0.2, 0) is 6.61 Å². The Labute approximate surface area is 226 Å². The summed E-state index contributed by atoms with van der Waals surface area (Å²) in [6.07, 6.45) is 0. The van der Waals surface area contributed by atoms with E-state index >= 15 is 0 Å². The van der Waals surface area contributed by atoms with Crippen molar-refractivity contribution in [3.05, 3.63) is 129 Å². The smallest absolute Gasteiger partial charge is 0.271 e. The summed E-state index contributed by atoms with van der Waals surface area (Å²) in [6, 6.07) is 27.5. The van der Waals surface area contributed by atoms with Crippen LogP contribution in [0.2, 0.25) is 0 Å². The third-order valence-corrected chi connectivity index (χ3v) is 6.59. The number of anilines is 1. The molecule has 4 aromatic carbocycles. The zero-order valence-corrected chi connectivity index (χ0v) is 21.9. The van der Waals surface area contributed by atoms with Crippen molar-refractivity contribution in [2.45, 2.75) is 27.4 Å². The highest BCUT2D eigenvalue weighted by Crippen LogP contribution is 2.33. The number of carbonyl (C=O) groups is 1. The molecule has 194 valence electrons. The van der Waals surface area contributed by atoms with Gasteiger partial charge in [0, 0.05) is 28.8 Å². The minimum atomic E-state index is -0.485. The molecule has 0 bridgehead atoms. The van der Waals surface area contributed by atoms with Gasteiger partial charge >= 0.3 is 0 Å². The zero-order chi connectivity index (χ0) is 27.5. The molecule has 1 aromatic heterocycles. The average molecular weight is 518 g/mol. The fourth-order valence-corrected chi connectivity index (χ4v) is 4.73. The molecule has 0 atom stereocenters. The van der Waals surface area contributed by atoms with Crippen molar-refractivity contribution in [1.29, 1.82) is 0 Å². The van der Waals surface area contributed by atoms with Crippen molar-refractivity contribution in [2.75, 3.05) is 5.32 Å². The van der Waals surface area contributed by atoms with Crippen molar-refractivity contribution in [3.63, 3.8) is 0 Å². The van der Waals surface area contributed by atoms with Gasteiger partial charge in [-0.2, -0.15) is 0 Å². The first-order valence-corrected chi connectivity index (χ1v) is 12.5. The SMILES string of the molecule is Cc1cc(C)c2nc(-c3ccc(OCc4ccccc4)cc3)c(C)c(C(=O)Nc3cccc([N+](=O)[O-])c3)c2c1. The van der Waals surface area contributed by atoms with E-state index in [1.54, 1.807) is 12.1 Å². The van der Waals surface area contributed by atoms with Gasteiger partial charge in [0.15, 0.2) is 0 Å². The second-order valence-electron chi connectivity index (χ2n) is 9.50. The van der Waals surface area contributed by atoms with Crippen molar-refractivity contribution >= 4 is 28.2 Å². The van der Waals surface area contributed by atoms with Crippen molar-refractivity contribution in [2.24, 2.45) is 0 Å². The molecule has 7 nitrogen and oxygen atoms in total. The monoisotopic (exact) mass is 517 g/mol. The number of nitrogens with one attached hydrogen (secondary N) is 1. The molecule has 5 aromatic rings. The number of benzene rings is 4. The Morgan fingerprint density at radius 2 is 1.67 bits per heavy atom. The first-order chi connectivity index (χ1) is 18.8. The van der Waals surface area contributed by atoms with E-state index in [2.05, 4.69) is 5.32 Å². The summed E-state index contributed by atoms with van der Waals surface area (Å²) in [4.78, 5) is 29.4. The third kappa shape index (κ3) is 5.48. The number of fused-ring (bicyclic) bond motifs is 1. The number of rotatable bonds is 7. The molecule has 0 spiro atoms. The van der Waals surface area contributed by atoms with Crippen LogP contribution in [0.1, 0.15) is 32.6 Å². The van der Waals surface area contributed by atoms with Gasteiger partial charge in [-0.15, -0.1) is 0 Å². The number of aryl methyl sites for hydroxylation is 2. The van der Waals surface area contributed by atoms with Crippen molar-refractivity contribution in [1.82, 2.24) is 4.98 Å². The molecule has 0 radical (unpaired) electrons. The molecule has 0 fully saturated rings. The van der Waals surface area contributed by atoms with Gasteiger partial charge in [-0.25, -0.2) is 4.98 Å². The number of hydrogen-bond donors (Lipinski definition) is 1. The predicted octanol–water partition coefficient (Wildman–Crippen LogP) is 7.57. The maximum absolute atomic E-state index is 13.7. The molecule has 0 aliphatic heterocycles. The second-order valence-corrected chi connectivity index (χ2v) is 9.50. The van der Waals surface area contributed by atoms with Crippen LogP contribution < -0.4 is 10.1 Å². The van der Waals surface area contributed by atoms with E-state index < -0.39 is 4.92 Å². The topological polar surface area (TPSA) is 94.4 Å². The van der Waals surface area contributed by atoms with Gasteiger partial charge in [0.05, 0.1) is 21.7 Å². The molecule has 0 unspecified atom stereocenters. The summed E-state index contributed by atoms with van der Waals surface area (Å²) in [6.45, 7) is 6.30. The minimum Gasteiger partial charge on any atom is -0.489 e. The molecule has 39 heavy (non-hydrogen) atoms. The average Bonchev–Trinajstić information content (AvgIpc) is 2.92. The number of nitro groups is 1. The van der Waals surface area contributed by atoms with Crippen LogP contribution >= 0.6 is 0 Å². The summed E-state index contributed by atoms with van der Waals surface area (Å²) >= 11 is 0. The number of aromatic nitrogens is 1. The van der Waals surface area contributed by atoms with E-state index in [9.17, 15) is 14.9 Å². The summed E-state index contributed by atoms with van der Waals surface area (Å²) in [7, 11) is 0. The molecule has 1 heterocycles. The Bertz CT molecular complexity index is 1700. The van der Waals surface area contributed by atoms with Crippen LogP contribution in [0.15, 0.2) is 91.0 Å². The quantitative estimate of drug-likeness (QED) is 0.177. The molecule has 0 saturated heterocycles. The van der Waals surface area contributed by atoms with Crippen LogP contribution in [0, 0.1) is 30.9 Å². The normalized spacial score (nSPS) is 10.8. The highest BCUT2D eigenvalue weighted by molar-refractivity contribution is 6.15. The van der Waals surface area contributed by atoms with Crippen LogP contribution in [0.25, 0.3) is 22.2 Å². The van der Waals surface area contributed by atoms with Crippen LogP contribution in [0.5, 0.6) is 5.75 Å². The summed E-state index contributed by atoms with van der Waals surface area (Å²) in [5.41, 5.74) is 6.78. The van der Waals surface area contributed by atoms with E-state index in [0.717, 1.165) is 38.9 Å². The number of ether oxygens (including phenoxy) is 1. The molecule has 1 amide bonds. The lowest BCUT2D eigenvalue weighted by atomic mass is 9.94. The van der Waals surface area contributed by atoms with Gasteiger partial charge in [-0.05, 0) is 73.9 Å². The van der Waals surface area contributed by atoms with E-state index in [-0.39, 0.29) is 11.6 Å². The summed E-state index contributed by atoms with van der Waals surface area (Å²) in [5, 5.41) is 14.8. The molecular weight excluding hydrogens is 490 g/mol. The number of carbonyl (C=O) groups excluding carboxylic acids is 1. The number of amides is 1. The molecule has 1 N–H and O–H groups in total. The second kappa shape index (κ2) is 10.8. The third-order valence-electron chi connectivity index (χ3n) is 6.59.